The van der Waals surface area contributed by atoms with Crippen molar-refractivity contribution in [3.8, 4) is 11.5 Å². The van der Waals surface area contributed by atoms with Crippen molar-refractivity contribution in [2.24, 2.45) is 0 Å². The van der Waals surface area contributed by atoms with Crippen molar-refractivity contribution in [3.63, 3.8) is 0 Å². The maximum absolute atomic E-state index is 13.2. The van der Waals surface area contributed by atoms with Gasteiger partial charge in [-0.05, 0) is 73.2 Å². The molecule has 0 unspecified atom stereocenters. The zero-order valence-electron chi connectivity index (χ0n) is 19.5. The van der Waals surface area contributed by atoms with Gasteiger partial charge in [-0.15, -0.1) is 0 Å². The molecule has 0 aliphatic heterocycles. The van der Waals surface area contributed by atoms with Crippen LogP contribution in [0.2, 0.25) is 0 Å². The van der Waals surface area contributed by atoms with Crippen LogP contribution in [-0.2, 0) is 6.42 Å². The first-order valence-electron chi connectivity index (χ1n) is 11.4. The van der Waals surface area contributed by atoms with E-state index in [1.54, 1.807) is 36.0 Å². The van der Waals surface area contributed by atoms with Crippen LogP contribution in [0.25, 0.3) is 11.0 Å². The summed E-state index contributed by atoms with van der Waals surface area (Å²) in [6.07, 6.45) is 2.15. The summed E-state index contributed by atoms with van der Waals surface area (Å²) >= 11 is 1.56. The molecule has 8 heteroatoms. The summed E-state index contributed by atoms with van der Waals surface area (Å²) < 4.78 is 19.2. The zero-order valence-corrected chi connectivity index (χ0v) is 20.3. The number of anilines is 2. The van der Waals surface area contributed by atoms with Crippen LogP contribution in [-0.4, -0.2) is 26.7 Å². The second kappa shape index (κ2) is 10.6. The molecule has 2 N–H and O–H groups in total. The van der Waals surface area contributed by atoms with E-state index >= 15 is 0 Å². The molecular formula is C28H23FN4O2S. The molecule has 0 fully saturated rings. The number of nitrogens with one attached hydrogen (secondary N) is 1. The number of nitrogens with zero attached hydrogens (tertiary/aromatic N) is 3. The fourth-order valence-corrected chi connectivity index (χ4v) is 4.51. The molecule has 0 amide bonds. The molecule has 0 radical (unpaired) electrons. The van der Waals surface area contributed by atoms with Crippen LogP contribution in [0.3, 0.4) is 0 Å². The summed E-state index contributed by atoms with van der Waals surface area (Å²) in [6.45, 7) is 2.38. The van der Waals surface area contributed by atoms with Gasteiger partial charge in [-0.25, -0.2) is 19.3 Å². The first kappa shape index (κ1) is 23.6. The molecule has 36 heavy (non-hydrogen) atoms. The molecule has 5 aromatic rings. The normalized spacial score (nSPS) is 10.9. The Morgan fingerprint density at radius 3 is 2.56 bits per heavy atom. The van der Waals surface area contributed by atoms with Gasteiger partial charge in [0.25, 0.3) is 0 Å². The molecule has 0 bridgehead atoms. The Balaban J connectivity index is 1.42. The standard InChI is InChI=1S/C28H23FN4O2S/c1-18-2-12-24-27(32-18)30-17-31-28(24)33-25-16-22(35-15-14-19-3-5-20(29)6-4-19)9-13-26(25)36-23-10-7-21(34)8-11-23/h2-13,16-17,34H,14-15H2,1H3,(H,30,31,32,33). The molecule has 2 aromatic heterocycles. The Bertz CT molecular complexity index is 1490. The topological polar surface area (TPSA) is 80.2 Å². The van der Waals surface area contributed by atoms with E-state index in [2.05, 4.69) is 20.3 Å². The number of ether oxygens (including phenoxy) is 1. The van der Waals surface area contributed by atoms with Gasteiger partial charge in [-0.2, -0.15) is 0 Å². The molecule has 6 nitrogen and oxygen atoms in total. The minimum atomic E-state index is -0.250. The largest absolute Gasteiger partial charge is 0.508 e. The van der Waals surface area contributed by atoms with Crippen molar-refractivity contribution in [2.45, 2.75) is 23.1 Å². The lowest BCUT2D eigenvalue weighted by atomic mass is 10.2. The van der Waals surface area contributed by atoms with Crippen LogP contribution >= 0.6 is 11.8 Å². The lowest BCUT2D eigenvalue weighted by molar-refractivity contribution is 0.322. The van der Waals surface area contributed by atoms with Gasteiger partial charge in [0.2, 0.25) is 0 Å². The highest BCUT2D eigenvalue weighted by molar-refractivity contribution is 7.99. The smallest absolute Gasteiger partial charge is 0.164 e. The highest BCUT2D eigenvalue weighted by Gasteiger charge is 2.12. The summed E-state index contributed by atoms with van der Waals surface area (Å²) in [7, 11) is 0. The quantitative estimate of drug-likeness (QED) is 0.247. The Hall–Kier alpha value is -4.17. The molecule has 0 aliphatic carbocycles. The fourth-order valence-electron chi connectivity index (χ4n) is 3.63. The fraction of sp³-hybridized carbons (Fsp3) is 0.107. The Morgan fingerprint density at radius 1 is 0.944 bits per heavy atom. The number of phenols is 1. The first-order valence-corrected chi connectivity index (χ1v) is 12.2. The molecule has 5 rings (SSSR count). The second-order valence-corrected chi connectivity index (χ2v) is 9.27. The number of phenolic OH excluding ortho intramolecular Hbond substituents is 1. The average Bonchev–Trinajstić information content (AvgIpc) is 2.88. The third kappa shape index (κ3) is 5.72. The van der Waals surface area contributed by atoms with E-state index in [4.69, 9.17) is 4.74 Å². The van der Waals surface area contributed by atoms with Crippen molar-refractivity contribution in [2.75, 3.05) is 11.9 Å². The van der Waals surface area contributed by atoms with Gasteiger partial charge in [0, 0.05) is 28.0 Å². The van der Waals surface area contributed by atoms with Crippen LogP contribution < -0.4 is 10.1 Å². The van der Waals surface area contributed by atoms with E-state index in [9.17, 15) is 9.50 Å². The molecule has 0 saturated carbocycles. The third-order valence-corrected chi connectivity index (χ3v) is 6.56. The van der Waals surface area contributed by atoms with E-state index < -0.39 is 0 Å². The van der Waals surface area contributed by atoms with Crippen LogP contribution in [0.5, 0.6) is 11.5 Å². The average molecular weight is 499 g/mol. The van der Waals surface area contributed by atoms with Gasteiger partial charge in [-0.1, -0.05) is 23.9 Å². The van der Waals surface area contributed by atoms with Gasteiger partial charge in [-0.3, -0.25) is 0 Å². The van der Waals surface area contributed by atoms with Gasteiger partial charge < -0.3 is 15.2 Å². The van der Waals surface area contributed by atoms with Gasteiger partial charge in [0.05, 0.1) is 17.7 Å². The summed E-state index contributed by atoms with van der Waals surface area (Å²) in [5, 5.41) is 13.9. The number of pyridine rings is 1. The maximum atomic E-state index is 13.2. The van der Waals surface area contributed by atoms with E-state index in [1.165, 1.54) is 18.5 Å². The Morgan fingerprint density at radius 2 is 1.75 bits per heavy atom. The number of hydrogen-bond donors (Lipinski definition) is 2. The van der Waals surface area contributed by atoms with Crippen LogP contribution in [0.1, 0.15) is 11.3 Å². The van der Waals surface area contributed by atoms with Crippen molar-refractivity contribution in [1.82, 2.24) is 15.0 Å². The van der Waals surface area contributed by atoms with Gasteiger partial charge in [0.1, 0.15) is 29.5 Å². The first-order chi connectivity index (χ1) is 17.5. The minimum absolute atomic E-state index is 0.220. The molecule has 0 spiro atoms. The zero-order chi connectivity index (χ0) is 24.9. The number of benzene rings is 3. The lowest BCUT2D eigenvalue weighted by Gasteiger charge is -2.15. The number of rotatable bonds is 8. The number of hydrogen-bond acceptors (Lipinski definition) is 7. The predicted molar refractivity (Wildman–Crippen MR) is 140 cm³/mol. The van der Waals surface area contributed by atoms with E-state index in [0.717, 1.165) is 32.1 Å². The molecule has 0 aliphatic rings. The summed E-state index contributed by atoms with van der Waals surface area (Å²) in [6, 6.07) is 23.2. The number of aryl methyl sites for hydroxylation is 1. The summed E-state index contributed by atoms with van der Waals surface area (Å²) in [5.41, 5.74) is 3.32. The van der Waals surface area contributed by atoms with Crippen LogP contribution in [0.4, 0.5) is 15.9 Å². The number of fused-ring (bicyclic) bond motifs is 1. The number of halogens is 1. The van der Waals surface area contributed by atoms with Crippen molar-refractivity contribution in [1.29, 1.82) is 0 Å². The molecular weight excluding hydrogens is 475 g/mol. The SMILES string of the molecule is Cc1ccc2c(Nc3cc(OCCc4ccc(F)cc4)ccc3Sc3ccc(O)cc3)ncnc2n1. The third-order valence-electron chi connectivity index (χ3n) is 5.48. The maximum Gasteiger partial charge on any atom is 0.164 e. The molecule has 3 aromatic carbocycles. The number of aromatic nitrogens is 3. The summed E-state index contributed by atoms with van der Waals surface area (Å²) in [5.74, 6) is 1.31. The second-order valence-electron chi connectivity index (χ2n) is 8.15. The Labute approximate surface area is 212 Å². The minimum Gasteiger partial charge on any atom is -0.508 e. The van der Waals surface area contributed by atoms with E-state index in [-0.39, 0.29) is 11.6 Å². The van der Waals surface area contributed by atoms with E-state index in [1.807, 2.05) is 49.4 Å². The highest BCUT2D eigenvalue weighted by atomic mass is 32.2. The van der Waals surface area contributed by atoms with Gasteiger partial charge >= 0.3 is 0 Å². The molecule has 0 atom stereocenters. The van der Waals surface area contributed by atoms with Crippen molar-refractivity contribution >= 4 is 34.3 Å². The monoisotopic (exact) mass is 498 g/mol. The number of aromatic hydroxyl groups is 1. The van der Waals surface area contributed by atoms with Crippen LogP contribution in [0.15, 0.2) is 95.0 Å². The Kier molecular flexibility index (Phi) is 6.95. The van der Waals surface area contributed by atoms with E-state index in [0.29, 0.717) is 30.2 Å². The highest BCUT2D eigenvalue weighted by Crippen LogP contribution is 2.38. The molecule has 2 heterocycles. The van der Waals surface area contributed by atoms with Crippen molar-refractivity contribution < 1.29 is 14.2 Å². The summed E-state index contributed by atoms with van der Waals surface area (Å²) in [4.78, 5) is 15.2. The molecule has 0 saturated heterocycles. The molecule has 180 valence electrons. The lowest BCUT2D eigenvalue weighted by Crippen LogP contribution is -2.03. The van der Waals surface area contributed by atoms with Crippen molar-refractivity contribution in [3.05, 3.63) is 102 Å². The van der Waals surface area contributed by atoms with Gasteiger partial charge in [0.15, 0.2) is 5.65 Å². The predicted octanol–water partition coefficient (Wildman–Crippen LogP) is 6.69. The van der Waals surface area contributed by atoms with Crippen LogP contribution in [0, 0.1) is 12.7 Å².